The lowest BCUT2D eigenvalue weighted by molar-refractivity contribution is -0.118. The minimum Gasteiger partial charge on any atom is -0.494 e. The maximum atomic E-state index is 12.5. The smallest absolute Gasteiger partial charge is 0.238 e. The third-order valence-corrected chi connectivity index (χ3v) is 8.43. The molecule has 8 heteroatoms. The summed E-state index contributed by atoms with van der Waals surface area (Å²) in [7, 11) is -3.24. The fourth-order valence-corrected chi connectivity index (χ4v) is 6.32. The molecule has 1 amide bonds. The van der Waals surface area contributed by atoms with Crippen molar-refractivity contribution in [1.29, 1.82) is 0 Å². The SMILES string of the molecule is CCCCOc1ccc(NC(=O)CN2CCC3(CC2)CCC(C)(C)N(S(C)(=O)=O)C3)cc1. The van der Waals surface area contributed by atoms with Crippen LogP contribution in [0.25, 0.3) is 0 Å². The minimum atomic E-state index is -3.24. The van der Waals surface area contributed by atoms with E-state index in [4.69, 9.17) is 4.74 Å². The lowest BCUT2D eigenvalue weighted by Gasteiger charge is -2.52. The van der Waals surface area contributed by atoms with Gasteiger partial charge in [-0.1, -0.05) is 13.3 Å². The second kappa shape index (κ2) is 10.1. The van der Waals surface area contributed by atoms with Crippen LogP contribution in [0.5, 0.6) is 5.75 Å². The van der Waals surface area contributed by atoms with E-state index in [1.54, 1.807) is 4.31 Å². The molecule has 0 bridgehead atoms. The summed E-state index contributed by atoms with van der Waals surface area (Å²) in [5, 5.41) is 2.97. The Labute approximate surface area is 193 Å². The summed E-state index contributed by atoms with van der Waals surface area (Å²) in [6, 6.07) is 7.50. The molecule has 1 spiro atoms. The normalized spacial score (nSPS) is 21.4. The van der Waals surface area contributed by atoms with Crippen molar-refractivity contribution in [1.82, 2.24) is 9.21 Å². The molecular weight excluding hydrogens is 426 g/mol. The largest absolute Gasteiger partial charge is 0.494 e. The molecule has 7 nitrogen and oxygen atoms in total. The molecule has 2 aliphatic rings. The summed E-state index contributed by atoms with van der Waals surface area (Å²) >= 11 is 0. The highest BCUT2D eigenvalue weighted by Crippen LogP contribution is 2.45. The first-order valence-corrected chi connectivity index (χ1v) is 13.6. The van der Waals surface area contributed by atoms with Crippen LogP contribution in [0.15, 0.2) is 24.3 Å². The first-order chi connectivity index (χ1) is 15.0. The van der Waals surface area contributed by atoms with Gasteiger partial charge in [0, 0.05) is 17.8 Å². The van der Waals surface area contributed by atoms with E-state index in [1.807, 2.05) is 38.1 Å². The summed E-state index contributed by atoms with van der Waals surface area (Å²) in [5.41, 5.74) is 0.468. The van der Waals surface area contributed by atoms with E-state index in [0.717, 1.165) is 63.1 Å². The van der Waals surface area contributed by atoms with Crippen molar-refractivity contribution in [3.05, 3.63) is 24.3 Å². The van der Waals surface area contributed by atoms with Crippen LogP contribution in [0.1, 0.15) is 59.3 Å². The second-order valence-electron chi connectivity index (χ2n) is 10.1. The molecule has 0 saturated carbocycles. The number of ether oxygens (including phenoxy) is 1. The predicted molar refractivity (Wildman–Crippen MR) is 128 cm³/mol. The van der Waals surface area contributed by atoms with Gasteiger partial charge in [0.15, 0.2) is 0 Å². The van der Waals surface area contributed by atoms with Crippen LogP contribution < -0.4 is 10.1 Å². The van der Waals surface area contributed by atoms with Crippen molar-refractivity contribution in [3.8, 4) is 5.75 Å². The molecule has 0 atom stereocenters. The van der Waals surface area contributed by atoms with Gasteiger partial charge in [-0.15, -0.1) is 0 Å². The summed E-state index contributed by atoms with van der Waals surface area (Å²) in [6.07, 6.45) is 7.20. The molecule has 2 aliphatic heterocycles. The number of benzene rings is 1. The van der Waals surface area contributed by atoms with Crippen LogP contribution in [-0.2, 0) is 14.8 Å². The van der Waals surface area contributed by atoms with E-state index in [1.165, 1.54) is 6.26 Å². The van der Waals surface area contributed by atoms with Crippen molar-refractivity contribution in [2.75, 3.05) is 44.4 Å². The van der Waals surface area contributed by atoms with Gasteiger partial charge in [0.25, 0.3) is 0 Å². The number of nitrogens with zero attached hydrogens (tertiary/aromatic N) is 2. The summed E-state index contributed by atoms with van der Waals surface area (Å²) < 4.78 is 32.1. The van der Waals surface area contributed by atoms with E-state index < -0.39 is 10.0 Å². The van der Waals surface area contributed by atoms with Crippen molar-refractivity contribution in [2.45, 2.75) is 64.8 Å². The van der Waals surface area contributed by atoms with E-state index in [9.17, 15) is 13.2 Å². The monoisotopic (exact) mass is 465 g/mol. The van der Waals surface area contributed by atoms with Crippen molar-refractivity contribution >= 4 is 21.6 Å². The number of hydrogen-bond donors (Lipinski definition) is 1. The topological polar surface area (TPSA) is 79.0 Å². The standard InChI is InChI=1S/C24H39N3O4S/c1-5-6-17-31-21-9-7-20(8-10-21)25-22(28)18-26-15-13-24(14-16-26)12-11-23(2,3)27(19-24)32(4,29)30/h7-10H,5-6,11-19H2,1-4H3,(H,25,28). The van der Waals surface area contributed by atoms with E-state index in [0.29, 0.717) is 19.7 Å². The maximum absolute atomic E-state index is 12.5. The van der Waals surface area contributed by atoms with Crippen molar-refractivity contribution < 1.29 is 17.9 Å². The molecule has 1 aromatic rings. The number of carbonyl (C=O) groups is 1. The molecule has 2 fully saturated rings. The zero-order chi connectivity index (χ0) is 23.4. The highest BCUT2D eigenvalue weighted by molar-refractivity contribution is 7.88. The van der Waals surface area contributed by atoms with Crippen molar-refractivity contribution in [3.63, 3.8) is 0 Å². The number of sulfonamides is 1. The lowest BCUT2D eigenvalue weighted by atomic mass is 9.69. The summed E-state index contributed by atoms with van der Waals surface area (Å²) in [4.78, 5) is 14.7. The zero-order valence-electron chi connectivity index (χ0n) is 20.0. The Bertz CT molecular complexity index is 875. The molecule has 180 valence electrons. The van der Waals surface area contributed by atoms with Crippen LogP contribution in [0, 0.1) is 5.41 Å². The molecule has 0 aromatic heterocycles. The molecule has 0 aliphatic carbocycles. The molecule has 0 radical (unpaired) electrons. The number of piperidine rings is 2. The second-order valence-corrected chi connectivity index (χ2v) is 12.0. The number of nitrogens with one attached hydrogen (secondary N) is 1. The Balaban J connectivity index is 1.48. The Kier molecular flexibility index (Phi) is 7.89. The Morgan fingerprint density at radius 2 is 1.75 bits per heavy atom. The average molecular weight is 466 g/mol. The van der Waals surface area contributed by atoms with Gasteiger partial charge >= 0.3 is 0 Å². The fourth-order valence-electron chi connectivity index (χ4n) is 4.83. The third kappa shape index (κ3) is 6.45. The number of anilines is 1. The molecular formula is C24H39N3O4S. The molecule has 32 heavy (non-hydrogen) atoms. The van der Waals surface area contributed by atoms with Gasteiger partial charge in [-0.05, 0) is 88.7 Å². The van der Waals surface area contributed by atoms with Gasteiger partial charge in [-0.3, -0.25) is 9.69 Å². The van der Waals surface area contributed by atoms with Gasteiger partial charge in [0.1, 0.15) is 5.75 Å². The molecule has 2 saturated heterocycles. The first-order valence-electron chi connectivity index (χ1n) is 11.8. The van der Waals surface area contributed by atoms with Gasteiger partial charge in [-0.25, -0.2) is 8.42 Å². The van der Waals surface area contributed by atoms with Crippen LogP contribution in [0.4, 0.5) is 5.69 Å². The molecule has 3 rings (SSSR count). The molecule has 1 aromatic carbocycles. The third-order valence-electron chi connectivity index (χ3n) is 7.01. The zero-order valence-corrected chi connectivity index (χ0v) is 20.8. The minimum absolute atomic E-state index is 0.0249. The van der Waals surface area contributed by atoms with Gasteiger partial charge in [0.2, 0.25) is 15.9 Å². The maximum Gasteiger partial charge on any atom is 0.238 e. The number of likely N-dealkylation sites (tertiary alicyclic amines) is 1. The quantitative estimate of drug-likeness (QED) is 0.592. The van der Waals surface area contributed by atoms with Crippen LogP contribution in [0.2, 0.25) is 0 Å². The Morgan fingerprint density at radius 3 is 2.34 bits per heavy atom. The van der Waals surface area contributed by atoms with Crippen molar-refractivity contribution in [2.24, 2.45) is 5.41 Å². The Hall–Kier alpha value is -1.64. The fraction of sp³-hybridized carbons (Fsp3) is 0.708. The highest BCUT2D eigenvalue weighted by atomic mass is 32.2. The van der Waals surface area contributed by atoms with Gasteiger partial charge < -0.3 is 10.1 Å². The van der Waals surface area contributed by atoms with Crippen LogP contribution in [-0.4, -0.2) is 68.1 Å². The van der Waals surface area contributed by atoms with Crippen LogP contribution >= 0.6 is 0 Å². The number of rotatable bonds is 8. The lowest BCUT2D eigenvalue weighted by Crippen LogP contribution is -2.58. The van der Waals surface area contributed by atoms with Crippen LogP contribution in [0.3, 0.4) is 0 Å². The predicted octanol–water partition coefficient (Wildman–Crippen LogP) is 3.72. The number of amides is 1. The molecule has 0 unspecified atom stereocenters. The average Bonchev–Trinajstić information content (AvgIpc) is 2.72. The van der Waals surface area contributed by atoms with E-state index in [-0.39, 0.29) is 16.9 Å². The number of unbranched alkanes of at least 4 members (excludes halogenated alkanes) is 1. The van der Waals surface area contributed by atoms with E-state index in [2.05, 4.69) is 17.1 Å². The van der Waals surface area contributed by atoms with Gasteiger partial charge in [-0.2, -0.15) is 4.31 Å². The highest BCUT2D eigenvalue weighted by Gasteiger charge is 2.47. The first kappa shape index (κ1) is 25.0. The Morgan fingerprint density at radius 1 is 1.09 bits per heavy atom. The molecule has 1 N–H and O–H groups in total. The summed E-state index contributed by atoms with van der Waals surface area (Å²) in [6.45, 7) is 9.44. The summed E-state index contributed by atoms with van der Waals surface area (Å²) in [5.74, 6) is 0.791. The van der Waals surface area contributed by atoms with Gasteiger partial charge in [0.05, 0.1) is 19.4 Å². The number of carbonyl (C=O) groups excluding carboxylic acids is 1. The number of hydrogen-bond acceptors (Lipinski definition) is 5. The molecule has 2 heterocycles. The van der Waals surface area contributed by atoms with E-state index >= 15 is 0 Å².